The quantitative estimate of drug-likeness (QED) is 0.734. The molecule has 3 amide bonds. The molecule has 3 N–H and O–H groups in total. The Bertz CT molecular complexity index is 763. The number of aryl methyl sites for hydroxylation is 2. The van der Waals surface area contributed by atoms with E-state index in [0.717, 1.165) is 16.5 Å². The van der Waals surface area contributed by atoms with Gasteiger partial charge in [-0.05, 0) is 30.5 Å². The van der Waals surface area contributed by atoms with E-state index in [1.807, 2.05) is 25.3 Å². The minimum absolute atomic E-state index is 0.0247. The number of nitrogens with one attached hydrogen (secondary N) is 3. The van der Waals surface area contributed by atoms with Gasteiger partial charge in [0.25, 0.3) is 0 Å². The maximum atomic E-state index is 11.9. The summed E-state index contributed by atoms with van der Waals surface area (Å²) in [6.07, 6.45) is 2.79. The molecule has 1 aromatic carbocycles. The molecule has 1 aliphatic heterocycles. The summed E-state index contributed by atoms with van der Waals surface area (Å²) in [5, 5.41) is 5.87. The first-order chi connectivity index (χ1) is 10.5. The Kier molecular flexibility index (Phi) is 3.66. The fraction of sp³-hybridized carbons (Fsp3) is 0.312. The predicted octanol–water partition coefficient (Wildman–Crippen LogP) is 0.940. The van der Waals surface area contributed by atoms with Gasteiger partial charge >= 0.3 is 0 Å². The molecule has 6 nitrogen and oxygen atoms in total. The summed E-state index contributed by atoms with van der Waals surface area (Å²) in [5.41, 5.74) is 3.30. The Morgan fingerprint density at radius 1 is 1.36 bits per heavy atom. The molecular formula is C16H17N3O3. The van der Waals surface area contributed by atoms with Crippen molar-refractivity contribution in [3.05, 3.63) is 35.5 Å². The van der Waals surface area contributed by atoms with Crippen molar-refractivity contribution in [2.24, 2.45) is 0 Å². The van der Waals surface area contributed by atoms with Crippen LogP contribution in [-0.4, -0.2) is 28.7 Å². The zero-order valence-corrected chi connectivity index (χ0v) is 12.2. The van der Waals surface area contributed by atoms with Gasteiger partial charge in [-0.25, -0.2) is 0 Å². The smallest absolute Gasteiger partial charge is 0.249 e. The second-order valence-electron chi connectivity index (χ2n) is 5.60. The van der Waals surface area contributed by atoms with E-state index in [-0.39, 0.29) is 24.7 Å². The topological polar surface area (TPSA) is 91.1 Å². The third kappa shape index (κ3) is 2.86. The van der Waals surface area contributed by atoms with Crippen LogP contribution < -0.4 is 10.6 Å². The highest BCUT2D eigenvalue weighted by Crippen LogP contribution is 2.20. The number of H-pyrrole nitrogens is 1. The average Bonchev–Trinajstić information content (AvgIpc) is 2.99. The van der Waals surface area contributed by atoms with E-state index in [2.05, 4.69) is 21.7 Å². The number of imide groups is 1. The monoisotopic (exact) mass is 299 g/mol. The minimum atomic E-state index is -0.731. The van der Waals surface area contributed by atoms with Crippen molar-refractivity contribution < 1.29 is 14.4 Å². The number of hydrogen-bond acceptors (Lipinski definition) is 3. The molecule has 114 valence electrons. The van der Waals surface area contributed by atoms with Crippen LogP contribution in [0.3, 0.4) is 0 Å². The van der Waals surface area contributed by atoms with Crippen LogP contribution in [0, 0.1) is 6.92 Å². The van der Waals surface area contributed by atoms with Crippen LogP contribution in [-0.2, 0) is 20.8 Å². The fourth-order valence-electron chi connectivity index (χ4n) is 2.69. The van der Waals surface area contributed by atoms with Gasteiger partial charge in [0.15, 0.2) is 0 Å². The molecule has 1 unspecified atom stereocenters. The van der Waals surface area contributed by atoms with Crippen LogP contribution in [0.15, 0.2) is 24.4 Å². The lowest BCUT2D eigenvalue weighted by Crippen LogP contribution is -2.40. The van der Waals surface area contributed by atoms with Gasteiger partial charge in [0.05, 0.1) is 6.42 Å². The Morgan fingerprint density at radius 3 is 2.91 bits per heavy atom. The van der Waals surface area contributed by atoms with Crippen molar-refractivity contribution in [3.63, 3.8) is 0 Å². The van der Waals surface area contributed by atoms with Crippen molar-refractivity contribution in [3.8, 4) is 0 Å². The number of hydrogen-bond donors (Lipinski definition) is 3. The van der Waals surface area contributed by atoms with Gasteiger partial charge in [0.1, 0.15) is 6.04 Å². The van der Waals surface area contributed by atoms with E-state index in [4.69, 9.17) is 0 Å². The van der Waals surface area contributed by atoms with Crippen LogP contribution in [0.5, 0.6) is 0 Å². The summed E-state index contributed by atoms with van der Waals surface area (Å²) >= 11 is 0. The van der Waals surface area contributed by atoms with Crippen molar-refractivity contribution in [2.45, 2.75) is 32.2 Å². The number of rotatable bonds is 4. The third-order valence-corrected chi connectivity index (χ3v) is 3.85. The molecule has 22 heavy (non-hydrogen) atoms. The van der Waals surface area contributed by atoms with Crippen molar-refractivity contribution in [1.29, 1.82) is 0 Å². The maximum Gasteiger partial charge on any atom is 0.249 e. The van der Waals surface area contributed by atoms with E-state index >= 15 is 0 Å². The molecule has 2 heterocycles. The van der Waals surface area contributed by atoms with Gasteiger partial charge in [0.2, 0.25) is 17.7 Å². The summed E-state index contributed by atoms with van der Waals surface area (Å²) in [6.45, 7) is 2.03. The number of carbonyl (C=O) groups excluding carboxylic acids is 3. The molecule has 0 aliphatic carbocycles. The summed E-state index contributed by atoms with van der Waals surface area (Å²) in [7, 11) is 0. The van der Waals surface area contributed by atoms with Gasteiger partial charge in [-0.1, -0.05) is 12.1 Å². The van der Waals surface area contributed by atoms with E-state index < -0.39 is 11.9 Å². The van der Waals surface area contributed by atoms with Crippen LogP contribution in [0.4, 0.5) is 0 Å². The molecule has 1 aromatic heterocycles. The summed E-state index contributed by atoms with van der Waals surface area (Å²) in [4.78, 5) is 37.6. The van der Waals surface area contributed by atoms with E-state index in [0.29, 0.717) is 6.42 Å². The maximum absolute atomic E-state index is 11.9. The van der Waals surface area contributed by atoms with Crippen LogP contribution in [0.2, 0.25) is 0 Å². The molecule has 0 radical (unpaired) electrons. The highest BCUT2D eigenvalue weighted by molar-refractivity contribution is 6.06. The average molecular weight is 299 g/mol. The normalized spacial score (nSPS) is 17.8. The fourth-order valence-corrected chi connectivity index (χ4v) is 2.69. The predicted molar refractivity (Wildman–Crippen MR) is 81.1 cm³/mol. The first-order valence-electron chi connectivity index (χ1n) is 7.22. The number of amides is 3. The number of fused-ring (bicyclic) bond motifs is 1. The lowest BCUT2D eigenvalue weighted by Gasteiger charge is -2.08. The molecule has 1 aliphatic rings. The van der Waals surface area contributed by atoms with Crippen LogP contribution in [0.25, 0.3) is 10.9 Å². The molecule has 0 spiro atoms. The molecule has 2 aromatic rings. The zero-order valence-electron chi connectivity index (χ0n) is 12.2. The van der Waals surface area contributed by atoms with Crippen LogP contribution >= 0.6 is 0 Å². The van der Waals surface area contributed by atoms with Gasteiger partial charge in [-0.15, -0.1) is 0 Å². The highest BCUT2D eigenvalue weighted by atomic mass is 16.2. The molecule has 0 saturated carbocycles. The lowest BCUT2D eigenvalue weighted by molar-refractivity contribution is -0.128. The molecule has 1 atom stereocenters. The number of carbonyl (C=O) groups is 3. The highest BCUT2D eigenvalue weighted by Gasteiger charge is 2.31. The van der Waals surface area contributed by atoms with Gasteiger partial charge in [-0.3, -0.25) is 19.7 Å². The van der Waals surface area contributed by atoms with Crippen LogP contribution in [0.1, 0.15) is 24.0 Å². The Morgan fingerprint density at radius 2 is 2.18 bits per heavy atom. The molecule has 6 heteroatoms. The minimum Gasteiger partial charge on any atom is -0.361 e. The second-order valence-corrected chi connectivity index (χ2v) is 5.60. The number of aromatic amines is 1. The van der Waals surface area contributed by atoms with E-state index in [1.165, 1.54) is 5.56 Å². The van der Waals surface area contributed by atoms with Crippen molar-refractivity contribution in [2.75, 3.05) is 0 Å². The summed E-state index contributed by atoms with van der Waals surface area (Å²) < 4.78 is 0. The first-order valence-corrected chi connectivity index (χ1v) is 7.22. The Hall–Kier alpha value is -2.63. The zero-order chi connectivity index (χ0) is 15.7. The molecule has 3 rings (SSSR count). The number of benzene rings is 1. The van der Waals surface area contributed by atoms with Gasteiger partial charge in [-0.2, -0.15) is 0 Å². The SMILES string of the molecule is Cc1ccc2c(CCC(=O)NC3CC(=O)NC3=O)c[nH]c2c1. The van der Waals surface area contributed by atoms with E-state index in [1.54, 1.807) is 0 Å². The first kappa shape index (κ1) is 14.3. The van der Waals surface area contributed by atoms with E-state index in [9.17, 15) is 14.4 Å². The molecule has 0 bridgehead atoms. The molecular weight excluding hydrogens is 282 g/mol. The number of aromatic nitrogens is 1. The van der Waals surface area contributed by atoms with Crippen molar-refractivity contribution in [1.82, 2.24) is 15.6 Å². The Labute approximate surface area is 127 Å². The lowest BCUT2D eigenvalue weighted by atomic mass is 10.1. The Balaban J connectivity index is 1.60. The summed E-state index contributed by atoms with van der Waals surface area (Å²) in [5.74, 6) is -1.00. The summed E-state index contributed by atoms with van der Waals surface area (Å²) in [6, 6.07) is 5.41. The van der Waals surface area contributed by atoms with Gasteiger partial charge in [0, 0.05) is 23.5 Å². The third-order valence-electron chi connectivity index (χ3n) is 3.85. The van der Waals surface area contributed by atoms with Crippen molar-refractivity contribution >= 4 is 28.6 Å². The second kappa shape index (κ2) is 5.63. The standard InChI is InChI=1S/C16H17N3O3/c1-9-2-4-11-10(8-17-12(11)6-9)3-5-14(20)18-13-7-15(21)19-16(13)22/h2,4,6,8,13,17H,3,5,7H2,1H3,(H,18,20)(H,19,21,22). The largest absolute Gasteiger partial charge is 0.361 e. The van der Waals surface area contributed by atoms with Gasteiger partial charge < -0.3 is 10.3 Å². The molecule has 1 saturated heterocycles. The molecule has 1 fully saturated rings.